The van der Waals surface area contributed by atoms with Gasteiger partial charge in [-0.05, 0) is 0 Å². The summed E-state index contributed by atoms with van der Waals surface area (Å²) >= 11 is 1.21. The first-order valence-corrected chi connectivity index (χ1v) is 4.10. The SMILES string of the molecule is NC(=O)/C(C=[C-]O)=C/[CH]=[W]. The summed E-state index contributed by atoms with van der Waals surface area (Å²) in [5.41, 5.74) is 5.16. The van der Waals surface area contributed by atoms with E-state index >= 15 is 0 Å². The number of rotatable bonds is 3. The molecule has 0 unspecified atom stereocenters. The van der Waals surface area contributed by atoms with Crippen LogP contribution in [0.3, 0.4) is 0 Å². The third kappa shape index (κ3) is 3.36. The fourth-order valence-corrected chi connectivity index (χ4v) is 0.871. The Morgan fingerprint density at radius 1 is 1.70 bits per heavy atom. The van der Waals surface area contributed by atoms with Crippen molar-refractivity contribution in [3.05, 3.63) is 24.0 Å². The van der Waals surface area contributed by atoms with E-state index in [0.29, 0.717) is 0 Å². The second-order valence-corrected chi connectivity index (χ2v) is 2.37. The number of hydrogen-bond donors (Lipinski definition) is 2. The van der Waals surface area contributed by atoms with Crippen LogP contribution in [0.4, 0.5) is 0 Å². The Morgan fingerprint density at radius 2 is 2.30 bits per heavy atom. The predicted octanol–water partition coefficient (Wildman–Crippen LogP) is -0.378. The van der Waals surface area contributed by atoms with E-state index in [9.17, 15) is 4.79 Å². The van der Waals surface area contributed by atoms with Crippen LogP contribution in [0.1, 0.15) is 0 Å². The first-order valence-electron chi connectivity index (χ1n) is 2.40. The fourth-order valence-electron chi connectivity index (χ4n) is 0.344. The second-order valence-electron chi connectivity index (χ2n) is 1.40. The van der Waals surface area contributed by atoms with Crippen molar-refractivity contribution >= 4 is 10.3 Å². The number of aliphatic hydroxyl groups excluding tert-OH is 1. The van der Waals surface area contributed by atoms with Crippen LogP contribution in [0.5, 0.6) is 0 Å². The maximum atomic E-state index is 10.4. The molecule has 10 heavy (non-hydrogen) atoms. The van der Waals surface area contributed by atoms with E-state index in [2.05, 4.69) is 0 Å². The Morgan fingerprint density at radius 3 is 2.60 bits per heavy atom. The van der Waals surface area contributed by atoms with Gasteiger partial charge in [-0.25, -0.2) is 0 Å². The summed E-state index contributed by atoms with van der Waals surface area (Å²) in [4.78, 5) is 10.4. The maximum absolute atomic E-state index is 10.4. The standard InChI is InChI=1S/C6H6NO2.W/c1-2-5(3-4-8)6(7)9;/h1-3,8H,(H2,7,9);/q-1;/b5-2+;. The van der Waals surface area contributed by atoms with Gasteiger partial charge in [0.05, 0.1) is 0 Å². The number of amides is 1. The number of primary amides is 1. The van der Waals surface area contributed by atoms with Gasteiger partial charge in [-0.15, -0.1) is 0 Å². The molecule has 0 aliphatic carbocycles. The van der Waals surface area contributed by atoms with Crippen LogP contribution >= 0.6 is 0 Å². The quantitative estimate of drug-likeness (QED) is 0.323. The van der Waals surface area contributed by atoms with E-state index in [1.54, 1.807) is 10.7 Å². The summed E-state index contributed by atoms with van der Waals surface area (Å²) in [6.07, 6.45) is 4.38. The van der Waals surface area contributed by atoms with Crippen LogP contribution in [0.2, 0.25) is 0 Å². The summed E-state index contributed by atoms with van der Waals surface area (Å²) in [7, 11) is 0. The zero-order chi connectivity index (χ0) is 7.98. The average Bonchev–Trinajstić information content (AvgIpc) is 1.87. The second kappa shape index (κ2) is 5.12. The molecule has 0 fully saturated rings. The molecule has 0 rings (SSSR count). The van der Waals surface area contributed by atoms with Crippen molar-refractivity contribution in [2.75, 3.05) is 0 Å². The molecular formula is C6H6NO2W-. The average molecular weight is 308 g/mol. The van der Waals surface area contributed by atoms with Gasteiger partial charge in [0.1, 0.15) is 0 Å². The van der Waals surface area contributed by atoms with Crippen LogP contribution in [-0.2, 0) is 24.1 Å². The van der Waals surface area contributed by atoms with E-state index in [1.165, 1.54) is 25.4 Å². The van der Waals surface area contributed by atoms with Gasteiger partial charge in [0.25, 0.3) is 0 Å². The predicted molar refractivity (Wildman–Crippen MR) is 33.8 cm³/mol. The van der Waals surface area contributed by atoms with E-state index in [-0.39, 0.29) is 5.57 Å². The van der Waals surface area contributed by atoms with Crippen LogP contribution in [0.15, 0.2) is 17.7 Å². The molecule has 0 aromatic rings. The molecule has 0 heterocycles. The molecule has 0 spiro atoms. The van der Waals surface area contributed by atoms with Crippen LogP contribution in [-0.4, -0.2) is 15.4 Å². The van der Waals surface area contributed by atoms with Crippen molar-refractivity contribution in [3.8, 4) is 0 Å². The van der Waals surface area contributed by atoms with E-state index in [0.717, 1.165) is 6.08 Å². The van der Waals surface area contributed by atoms with Crippen LogP contribution in [0.25, 0.3) is 0 Å². The zero-order valence-corrected chi connectivity index (χ0v) is 8.01. The Kier molecular flexibility index (Phi) is 4.77. The summed E-state index contributed by atoms with van der Waals surface area (Å²) in [5.74, 6) is -0.570. The first-order chi connectivity index (χ1) is 4.72. The number of carbonyl (C=O) groups excluding carboxylic acids is 1. The molecule has 0 saturated carbocycles. The van der Waals surface area contributed by atoms with Gasteiger partial charge in [-0.3, -0.25) is 0 Å². The Hall–Kier alpha value is -0.692. The summed E-state index contributed by atoms with van der Waals surface area (Å²) in [6, 6.07) is 0. The number of carbonyl (C=O) groups is 1. The monoisotopic (exact) mass is 308 g/mol. The normalized spacial score (nSPS) is 11.8. The van der Waals surface area contributed by atoms with Crippen molar-refractivity contribution in [1.82, 2.24) is 0 Å². The molecule has 3 nitrogen and oxygen atoms in total. The third-order valence-corrected chi connectivity index (χ3v) is 1.24. The number of nitrogens with two attached hydrogens (primary N) is 1. The van der Waals surface area contributed by atoms with Gasteiger partial charge in [-0.1, -0.05) is 0 Å². The molecule has 0 aliphatic rings. The van der Waals surface area contributed by atoms with Crippen molar-refractivity contribution in [2.24, 2.45) is 5.73 Å². The van der Waals surface area contributed by atoms with Crippen molar-refractivity contribution in [3.63, 3.8) is 0 Å². The van der Waals surface area contributed by atoms with Crippen LogP contribution in [0, 0.1) is 6.26 Å². The number of aliphatic hydroxyl groups is 1. The van der Waals surface area contributed by atoms with Gasteiger partial charge < -0.3 is 0 Å². The Labute approximate surface area is 69.6 Å². The van der Waals surface area contributed by atoms with E-state index in [1.807, 2.05) is 0 Å². The van der Waals surface area contributed by atoms with E-state index in [4.69, 9.17) is 10.8 Å². The number of hydrogen-bond acceptors (Lipinski definition) is 2. The van der Waals surface area contributed by atoms with E-state index < -0.39 is 5.91 Å². The Balaban J connectivity index is 4.41. The Bertz CT molecular complexity index is 196. The number of allylic oxidation sites excluding steroid dienone is 1. The van der Waals surface area contributed by atoms with Crippen LogP contribution < -0.4 is 5.73 Å². The molecule has 0 aliphatic heterocycles. The first kappa shape index (κ1) is 9.31. The molecule has 0 bridgehead atoms. The topological polar surface area (TPSA) is 63.3 Å². The molecular weight excluding hydrogens is 302 g/mol. The molecule has 54 valence electrons. The molecule has 3 N–H and O–H groups in total. The van der Waals surface area contributed by atoms with Gasteiger partial charge in [0.15, 0.2) is 0 Å². The summed E-state index contributed by atoms with van der Waals surface area (Å²) < 4.78 is 1.73. The third-order valence-electron chi connectivity index (χ3n) is 0.752. The minimum atomic E-state index is -0.570. The minimum absolute atomic E-state index is 0.248. The molecule has 4 heteroatoms. The van der Waals surface area contributed by atoms with Crippen molar-refractivity contribution in [1.29, 1.82) is 0 Å². The molecule has 0 aromatic heterocycles. The van der Waals surface area contributed by atoms with Crippen molar-refractivity contribution in [2.45, 2.75) is 0 Å². The van der Waals surface area contributed by atoms with Gasteiger partial charge in [0.2, 0.25) is 0 Å². The summed E-state index contributed by atoms with van der Waals surface area (Å²) in [6.45, 7) is 0. The molecule has 0 saturated heterocycles. The molecule has 1 amide bonds. The molecule has 0 atom stereocenters. The fraction of sp³-hybridized carbons (Fsp3) is 0. The van der Waals surface area contributed by atoms with Crippen molar-refractivity contribution < 1.29 is 29.3 Å². The molecule has 0 aromatic carbocycles. The zero-order valence-electron chi connectivity index (χ0n) is 5.07. The van der Waals surface area contributed by atoms with Gasteiger partial charge >= 0.3 is 69.3 Å². The molecule has 0 radical (unpaired) electrons. The van der Waals surface area contributed by atoms with Gasteiger partial charge in [0, 0.05) is 0 Å². The summed E-state index contributed by atoms with van der Waals surface area (Å²) in [5, 5.41) is 8.15. The van der Waals surface area contributed by atoms with Gasteiger partial charge in [-0.2, -0.15) is 0 Å².